The number of hydrogen-bond donors (Lipinski definition) is 2. The van der Waals surface area contributed by atoms with Crippen molar-refractivity contribution < 1.29 is 8.78 Å². The van der Waals surface area contributed by atoms with Gasteiger partial charge in [-0.3, -0.25) is 11.3 Å². The van der Waals surface area contributed by atoms with Gasteiger partial charge in [0.15, 0.2) is 0 Å². The molecule has 0 aliphatic heterocycles. The van der Waals surface area contributed by atoms with Gasteiger partial charge in [0.05, 0.1) is 0 Å². The average molecular weight is 333 g/mol. The highest BCUT2D eigenvalue weighted by Crippen LogP contribution is 2.42. The van der Waals surface area contributed by atoms with Gasteiger partial charge in [-0.1, -0.05) is 22.0 Å². The van der Waals surface area contributed by atoms with Gasteiger partial charge >= 0.3 is 0 Å². The molecule has 1 fully saturated rings. The molecule has 0 bridgehead atoms. The molecule has 0 spiro atoms. The molecular formula is C14H19BrF2N2. The second-order valence-corrected chi connectivity index (χ2v) is 6.34. The molecule has 106 valence electrons. The summed E-state index contributed by atoms with van der Waals surface area (Å²) in [6.45, 7) is 2.01. The molecule has 0 saturated heterocycles. The smallest absolute Gasteiger partial charge is 0.248 e. The van der Waals surface area contributed by atoms with Crippen LogP contribution in [0.4, 0.5) is 8.78 Å². The first-order valence-corrected chi connectivity index (χ1v) is 7.30. The second kappa shape index (κ2) is 5.85. The van der Waals surface area contributed by atoms with Crippen molar-refractivity contribution in [2.75, 3.05) is 0 Å². The minimum Gasteiger partial charge on any atom is -0.271 e. The quantitative estimate of drug-likeness (QED) is 0.643. The number of halogens is 3. The van der Waals surface area contributed by atoms with Crippen molar-refractivity contribution >= 4 is 15.9 Å². The third-order valence-electron chi connectivity index (χ3n) is 3.89. The lowest BCUT2D eigenvalue weighted by Gasteiger charge is -2.22. The van der Waals surface area contributed by atoms with Gasteiger partial charge in [0, 0.05) is 23.4 Å². The second-order valence-electron chi connectivity index (χ2n) is 5.42. The number of nitrogens with two attached hydrogens (primary N) is 1. The first kappa shape index (κ1) is 14.9. The van der Waals surface area contributed by atoms with E-state index in [0.717, 1.165) is 15.6 Å². The largest absolute Gasteiger partial charge is 0.271 e. The van der Waals surface area contributed by atoms with E-state index in [1.165, 1.54) is 0 Å². The molecule has 2 atom stereocenters. The van der Waals surface area contributed by atoms with Crippen molar-refractivity contribution in [3.8, 4) is 0 Å². The minimum absolute atomic E-state index is 0.00637. The highest BCUT2D eigenvalue weighted by Gasteiger charge is 2.40. The van der Waals surface area contributed by atoms with Crippen LogP contribution in [0.1, 0.15) is 42.9 Å². The first-order valence-electron chi connectivity index (χ1n) is 6.51. The molecular weight excluding hydrogens is 314 g/mol. The molecule has 1 aromatic carbocycles. The molecule has 2 nitrogen and oxygen atoms in total. The Morgan fingerprint density at radius 1 is 1.53 bits per heavy atom. The van der Waals surface area contributed by atoms with Crippen molar-refractivity contribution in [3.05, 3.63) is 33.8 Å². The minimum atomic E-state index is -2.49. The Balaban J connectivity index is 2.10. The lowest BCUT2D eigenvalue weighted by atomic mass is 9.91. The fourth-order valence-electron chi connectivity index (χ4n) is 2.85. The monoisotopic (exact) mass is 332 g/mol. The fourth-order valence-corrected chi connectivity index (χ4v) is 3.23. The Bertz CT molecular complexity index is 451. The molecule has 0 aromatic heterocycles. The number of aryl methyl sites for hydroxylation is 1. The van der Waals surface area contributed by atoms with Crippen molar-refractivity contribution in [2.24, 2.45) is 11.8 Å². The summed E-state index contributed by atoms with van der Waals surface area (Å²) >= 11 is 3.44. The van der Waals surface area contributed by atoms with E-state index in [2.05, 4.69) is 21.4 Å². The summed E-state index contributed by atoms with van der Waals surface area (Å²) in [6, 6.07) is 5.91. The van der Waals surface area contributed by atoms with Gasteiger partial charge in [-0.25, -0.2) is 8.78 Å². The standard InChI is InChI=1S/C14H19BrF2N2/c1-9-2-3-11(15)7-12(9)13(19-18)6-10-4-5-14(16,17)8-10/h2-3,7,10,13,19H,4-6,8,18H2,1H3. The maximum Gasteiger partial charge on any atom is 0.248 e. The molecule has 0 radical (unpaired) electrons. The van der Waals surface area contributed by atoms with Crippen LogP contribution in [0.15, 0.2) is 22.7 Å². The van der Waals surface area contributed by atoms with Crippen LogP contribution < -0.4 is 11.3 Å². The first-order chi connectivity index (χ1) is 8.91. The molecule has 5 heteroatoms. The Morgan fingerprint density at radius 2 is 2.26 bits per heavy atom. The summed E-state index contributed by atoms with van der Waals surface area (Å²) in [7, 11) is 0. The number of alkyl halides is 2. The molecule has 2 unspecified atom stereocenters. The summed E-state index contributed by atoms with van der Waals surface area (Å²) in [5.41, 5.74) is 4.97. The highest BCUT2D eigenvalue weighted by atomic mass is 79.9. The maximum absolute atomic E-state index is 13.2. The Kier molecular flexibility index (Phi) is 4.58. The molecule has 0 amide bonds. The van der Waals surface area contributed by atoms with E-state index >= 15 is 0 Å². The van der Waals surface area contributed by atoms with E-state index in [0.29, 0.717) is 12.8 Å². The van der Waals surface area contributed by atoms with Crippen LogP contribution in [-0.4, -0.2) is 5.92 Å². The van der Waals surface area contributed by atoms with Crippen LogP contribution in [0.5, 0.6) is 0 Å². The van der Waals surface area contributed by atoms with Gasteiger partial charge in [-0.2, -0.15) is 0 Å². The Morgan fingerprint density at radius 3 is 2.84 bits per heavy atom. The number of nitrogens with one attached hydrogen (secondary N) is 1. The zero-order valence-electron chi connectivity index (χ0n) is 10.9. The zero-order chi connectivity index (χ0) is 14.0. The maximum atomic E-state index is 13.2. The molecule has 2 rings (SSSR count). The summed E-state index contributed by atoms with van der Waals surface area (Å²) in [5, 5.41) is 0. The lowest BCUT2D eigenvalue weighted by molar-refractivity contribution is 0.00430. The van der Waals surface area contributed by atoms with Crippen molar-refractivity contribution in [3.63, 3.8) is 0 Å². The number of benzene rings is 1. The molecule has 0 heterocycles. The molecule has 1 aliphatic carbocycles. The van der Waals surface area contributed by atoms with Crippen LogP contribution in [0, 0.1) is 12.8 Å². The van der Waals surface area contributed by atoms with Crippen LogP contribution in [0.25, 0.3) is 0 Å². The third kappa shape index (κ3) is 3.74. The van der Waals surface area contributed by atoms with E-state index in [4.69, 9.17) is 5.84 Å². The molecule has 19 heavy (non-hydrogen) atoms. The van der Waals surface area contributed by atoms with Gasteiger partial charge in [0.1, 0.15) is 0 Å². The average Bonchev–Trinajstić information content (AvgIpc) is 2.69. The topological polar surface area (TPSA) is 38.0 Å². The summed E-state index contributed by atoms with van der Waals surface area (Å²) in [5.74, 6) is 3.16. The van der Waals surface area contributed by atoms with Crippen molar-refractivity contribution in [1.29, 1.82) is 0 Å². The third-order valence-corrected chi connectivity index (χ3v) is 4.39. The van der Waals surface area contributed by atoms with Gasteiger partial charge < -0.3 is 0 Å². The highest BCUT2D eigenvalue weighted by molar-refractivity contribution is 9.10. The number of rotatable bonds is 4. The summed E-state index contributed by atoms with van der Waals surface area (Å²) in [6.07, 6.45) is 1.23. The van der Waals surface area contributed by atoms with Crippen molar-refractivity contribution in [2.45, 2.75) is 44.6 Å². The summed E-state index contributed by atoms with van der Waals surface area (Å²) in [4.78, 5) is 0. The predicted octanol–water partition coefficient (Wildman–Crippen LogP) is 4.09. The normalized spacial score (nSPS) is 23.5. The predicted molar refractivity (Wildman–Crippen MR) is 75.8 cm³/mol. The van der Waals surface area contributed by atoms with Crippen LogP contribution in [0.2, 0.25) is 0 Å². The molecule has 1 aromatic rings. The SMILES string of the molecule is Cc1ccc(Br)cc1C(CC1CCC(F)(F)C1)NN. The molecule has 1 aliphatic rings. The fraction of sp³-hybridized carbons (Fsp3) is 0.571. The van der Waals surface area contributed by atoms with Gasteiger partial charge in [0.25, 0.3) is 0 Å². The van der Waals surface area contributed by atoms with Gasteiger partial charge in [0.2, 0.25) is 5.92 Å². The van der Waals surface area contributed by atoms with E-state index in [9.17, 15) is 8.78 Å². The van der Waals surface area contributed by atoms with Crippen LogP contribution in [0.3, 0.4) is 0 Å². The van der Waals surface area contributed by atoms with Crippen LogP contribution in [-0.2, 0) is 0 Å². The van der Waals surface area contributed by atoms with E-state index in [-0.39, 0.29) is 24.8 Å². The van der Waals surface area contributed by atoms with Crippen LogP contribution >= 0.6 is 15.9 Å². The Labute approximate surface area is 120 Å². The molecule has 3 N–H and O–H groups in total. The van der Waals surface area contributed by atoms with Gasteiger partial charge in [-0.05, 0) is 48.9 Å². The number of hydrogen-bond acceptors (Lipinski definition) is 2. The van der Waals surface area contributed by atoms with E-state index in [1.807, 2.05) is 25.1 Å². The molecule has 1 saturated carbocycles. The number of hydrazine groups is 1. The summed E-state index contributed by atoms with van der Waals surface area (Å²) < 4.78 is 27.4. The van der Waals surface area contributed by atoms with E-state index < -0.39 is 5.92 Å². The van der Waals surface area contributed by atoms with E-state index in [1.54, 1.807) is 0 Å². The zero-order valence-corrected chi connectivity index (χ0v) is 12.5. The van der Waals surface area contributed by atoms with Crippen molar-refractivity contribution in [1.82, 2.24) is 5.43 Å². The lowest BCUT2D eigenvalue weighted by Crippen LogP contribution is -2.30. The van der Waals surface area contributed by atoms with Gasteiger partial charge in [-0.15, -0.1) is 0 Å². The Hall–Kier alpha value is -0.520.